The number of anilines is 1. The summed E-state index contributed by atoms with van der Waals surface area (Å²) in [4.78, 5) is 9.48. The minimum absolute atomic E-state index is 0.121. The van der Waals surface area contributed by atoms with Crippen LogP contribution in [0.2, 0.25) is 5.02 Å². The van der Waals surface area contributed by atoms with E-state index in [0.29, 0.717) is 29.2 Å². The SMILES string of the molecule is FC(F)(F)c1nc(N2CCCCC2)c2cnn(-c3cccc(Cl)c3)c2n1. The molecule has 4 rings (SSSR count). The summed E-state index contributed by atoms with van der Waals surface area (Å²) in [6.45, 7) is 1.34. The Kier molecular flexibility index (Phi) is 4.22. The van der Waals surface area contributed by atoms with Gasteiger partial charge in [0.2, 0.25) is 5.82 Å². The average Bonchev–Trinajstić information content (AvgIpc) is 3.05. The Morgan fingerprint density at radius 3 is 2.50 bits per heavy atom. The molecule has 2 aromatic heterocycles. The summed E-state index contributed by atoms with van der Waals surface area (Å²) in [6.07, 6.45) is -0.203. The van der Waals surface area contributed by atoms with Crippen LogP contribution in [0, 0.1) is 0 Å². The fourth-order valence-corrected chi connectivity index (χ4v) is 3.35. The van der Waals surface area contributed by atoms with E-state index in [1.54, 1.807) is 24.3 Å². The minimum atomic E-state index is -4.64. The maximum absolute atomic E-state index is 13.4. The van der Waals surface area contributed by atoms with Crippen molar-refractivity contribution in [3.05, 3.63) is 41.3 Å². The molecule has 1 aliphatic rings. The minimum Gasteiger partial charge on any atom is -0.356 e. The van der Waals surface area contributed by atoms with E-state index in [9.17, 15) is 13.2 Å². The van der Waals surface area contributed by atoms with Gasteiger partial charge in [-0.2, -0.15) is 18.3 Å². The molecule has 5 nitrogen and oxygen atoms in total. The zero-order chi connectivity index (χ0) is 18.3. The van der Waals surface area contributed by atoms with Crippen molar-refractivity contribution in [3.8, 4) is 5.69 Å². The second-order valence-corrected chi connectivity index (χ2v) is 6.63. The Labute approximate surface area is 152 Å². The van der Waals surface area contributed by atoms with Gasteiger partial charge in [-0.3, -0.25) is 0 Å². The van der Waals surface area contributed by atoms with Gasteiger partial charge in [0.15, 0.2) is 5.65 Å². The van der Waals surface area contributed by atoms with Crippen LogP contribution in [0.1, 0.15) is 25.1 Å². The molecule has 1 aromatic carbocycles. The van der Waals surface area contributed by atoms with E-state index in [1.165, 1.54) is 10.9 Å². The molecule has 136 valence electrons. The molecule has 0 N–H and O–H groups in total. The van der Waals surface area contributed by atoms with Crippen LogP contribution in [0.15, 0.2) is 30.5 Å². The van der Waals surface area contributed by atoms with Gasteiger partial charge >= 0.3 is 6.18 Å². The quantitative estimate of drug-likeness (QED) is 0.656. The van der Waals surface area contributed by atoms with Crippen LogP contribution in [0.4, 0.5) is 19.0 Å². The summed E-state index contributed by atoms with van der Waals surface area (Å²) >= 11 is 6.01. The van der Waals surface area contributed by atoms with Crippen molar-refractivity contribution >= 4 is 28.5 Å². The van der Waals surface area contributed by atoms with Crippen LogP contribution in [-0.2, 0) is 6.18 Å². The highest BCUT2D eigenvalue weighted by atomic mass is 35.5. The van der Waals surface area contributed by atoms with E-state index in [4.69, 9.17) is 11.6 Å². The van der Waals surface area contributed by atoms with Crippen LogP contribution >= 0.6 is 11.6 Å². The number of halogens is 4. The van der Waals surface area contributed by atoms with Gasteiger partial charge in [-0.15, -0.1) is 0 Å². The highest BCUT2D eigenvalue weighted by molar-refractivity contribution is 6.30. The lowest BCUT2D eigenvalue weighted by Gasteiger charge is -2.28. The summed E-state index contributed by atoms with van der Waals surface area (Å²) in [5, 5.41) is 5.21. The molecule has 9 heteroatoms. The number of aromatic nitrogens is 4. The molecule has 1 aliphatic heterocycles. The van der Waals surface area contributed by atoms with E-state index in [1.807, 2.05) is 4.90 Å². The van der Waals surface area contributed by atoms with Gasteiger partial charge in [0, 0.05) is 18.1 Å². The predicted molar refractivity (Wildman–Crippen MR) is 92.7 cm³/mol. The fourth-order valence-electron chi connectivity index (χ4n) is 3.16. The first-order valence-electron chi connectivity index (χ1n) is 8.27. The van der Waals surface area contributed by atoms with Gasteiger partial charge in [-0.25, -0.2) is 14.6 Å². The number of fused-ring (bicyclic) bond motifs is 1. The number of alkyl halides is 3. The molecule has 0 amide bonds. The Balaban J connectivity index is 1.93. The van der Waals surface area contributed by atoms with Crippen molar-refractivity contribution in [2.75, 3.05) is 18.0 Å². The number of rotatable bonds is 2. The van der Waals surface area contributed by atoms with Crippen molar-refractivity contribution in [2.24, 2.45) is 0 Å². The number of nitrogens with zero attached hydrogens (tertiary/aromatic N) is 5. The number of hydrogen-bond acceptors (Lipinski definition) is 4. The summed E-state index contributed by atoms with van der Waals surface area (Å²) in [5.74, 6) is -0.871. The molecule has 0 aliphatic carbocycles. The standard InChI is InChI=1S/C17H15ClF3N5/c18-11-5-4-6-12(9-11)26-15-13(10-22-26)14(25-7-2-1-3-8-25)23-16(24-15)17(19,20)21/h4-6,9-10H,1-3,7-8H2. The van der Waals surface area contributed by atoms with E-state index in [-0.39, 0.29) is 11.5 Å². The fraction of sp³-hybridized carbons (Fsp3) is 0.353. The summed E-state index contributed by atoms with van der Waals surface area (Å²) < 4.78 is 41.5. The maximum atomic E-state index is 13.4. The van der Waals surface area contributed by atoms with E-state index in [0.717, 1.165) is 19.3 Å². The first-order chi connectivity index (χ1) is 12.4. The third kappa shape index (κ3) is 3.09. The molecule has 0 saturated carbocycles. The van der Waals surface area contributed by atoms with Gasteiger partial charge < -0.3 is 4.90 Å². The van der Waals surface area contributed by atoms with Crippen LogP contribution in [0.25, 0.3) is 16.7 Å². The Morgan fingerprint density at radius 1 is 1.04 bits per heavy atom. The van der Waals surface area contributed by atoms with E-state index < -0.39 is 12.0 Å². The zero-order valence-electron chi connectivity index (χ0n) is 13.7. The lowest BCUT2D eigenvalue weighted by atomic mass is 10.1. The molecule has 0 spiro atoms. The largest absolute Gasteiger partial charge is 0.451 e. The van der Waals surface area contributed by atoms with Crippen LogP contribution in [-0.4, -0.2) is 32.8 Å². The number of benzene rings is 1. The first-order valence-corrected chi connectivity index (χ1v) is 8.65. The third-order valence-electron chi connectivity index (χ3n) is 4.37. The smallest absolute Gasteiger partial charge is 0.356 e. The van der Waals surface area contributed by atoms with Crippen molar-refractivity contribution in [1.82, 2.24) is 19.7 Å². The molecule has 1 saturated heterocycles. The monoisotopic (exact) mass is 381 g/mol. The lowest BCUT2D eigenvalue weighted by molar-refractivity contribution is -0.144. The highest BCUT2D eigenvalue weighted by Gasteiger charge is 2.37. The topological polar surface area (TPSA) is 46.8 Å². The normalized spacial score (nSPS) is 15.6. The average molecular weight is 382 g/mol. The molecular weight excluding hydrogens is 367 g/mol. The molecule has 3 heterocycles. The van der Waals surface area contributed by atoms with Crippen molar-refractivity contribution in [1.29, 1.82) is 0 Å². The van der Waals surface area contributed by atoms with E-state index >= 15 is 0 Å². The van der Waals surface area contributed by atoms with E-state index in [2.05, 4.69) is 15.1 Å². The van der Waals surface area contributed by atoms with Crippen molar-refractivity contribution < 1.29 is 13.2 Å². The Bertz CT molecular complexity index is 947. The maximum Gasteiger partial charge on any atom is 0.451 e. The number of hydrogen-bond donors (Lipinski definition) is 0. The molecule has 0 bridgehead atoms. The third-order valence-corrected chi connectivity index (χ3v) is 4.61. The number of piperidine rings is 1. The Hall–Kier alpha value is -2.35. The van der Waals surface area contributed by atoms with Crippen LogP contribution in [0.5, 0.6) is 0 Å². The summed E-state index contributed by atoms with van der Waals surface area (Å²) in [5.41, 5.74) is 0.666. The molecular formula is C17H15ClF3N5. The van der Waals surface area contributed by atoms with Gasteiger partial charge in [-0.05, 0) is 37.5 Å². The summed E-state index contributed by atoms with van der Waals surface area (Å²) in [6, 6.07) is 6.74. The van der Waals surface area contributed by atoms with Gasteiger partial charge in [0.25, 0.3) is 0 Å². The van der Waals surface area contributed by atoms with Gasteiger partial charge in [0.05, 0.1) is 17.3 Å². The first kappa shape index (κ1) is 17.1. The van der Waals surface area contributed by atoms with Gasteiger partial charge in [-0.1, -0.05) is 17.7 Å². The summed E-state index contributed by atoms with van der Waals surface area (Å²) in [7, 11) is 0. The van der Waals surface area contributed by atoms with Crippen molar-refractivity contribution in [2.45, 2.75) is 25.4 Å². The zero-order valence-corrected chi connectivity index (χ0v) is 14.4. The molecule has 0 radical (unpaired) electrons. The molecule has 1 fully saturated rings. The lowest BCUT2D eigenvalue weighted by Crippen LogP contribution is -2.31. The van der Waals surface area contributed by atoms with Gasteiger partial charge in [0.1, 0.15) is 5.82 Å². The molecule has 0 unspecified atom stereocenters. The van der Waals surface area contributed by atoms with Crippen molar-refractivity contribution in [3.63, 3.8) is 0 Å². The molecule has 0 atom stereocenters. The van der Waals surface area contributed by atoms with Crippen LogP contribution in [0.3, 0.4) is 0 Å². The van der Waals surface area contributed by atoms with Crippen LogP contribution < -0.4 is 4.90 Å². The second kappa shape index (κ2) is 6.42. The second-order valence-electron chi connectivity index (χ2n) is 6.19. The predicted octanol–water partition coefficient (Wildman–Crippen LogP) is 4.48. The highest BCUT2D eigenvalue weighted by Crippen LogP contribution is 2.33. The Morgan fingerprint density at radius 2 is 1.81 bits per heavy atom. The molecule has 26 heavy (non-hydrogen) atoms. The molecule has 3 aromatic rings.